The van der Waals surface area contributed by atoms with Gasteiger partial charge in [0.05, 0.1) is 0 Å². The van der Waals surface area contributed by atoms with Gasteiger partial charge in [-0.15, -0.1) is 0 Å². The molecule has 1 nitrogen and oxygen atoms in total. The number of rotatable bonds is 4. The topological polar surface area (TPSA) is 13.1 Å². The standard InChI is InChI=1S/C49H34O/c1-49(2)42-23-13-11-19-37(42)38-26-25-33(30-43(38)49)45-39-20-9-10-21-40(39)46(48-47(45)41-22-12-14-24-44(41)50-48)36-28-34(31-15-5-3-6-16-31)27-35(29-36)32-17-7-4-8-18-32/h3-30H,1-2H3. The van der Waals surface area contributed by atoms with E-state index >= 15 is 0 Å². The fraction of sp³-hybridized carbons (Fsp3) is 0.0612. The van der Waals surface area contributed by atoms with Gasteiger partial charge in [0.1, 0.15) is 11.2 Å². The van der Waals surface area contributed by atoms with Crippen molar-refractivity contribution in [2.24, 2.45) is 0 Å². The van der Waals surface area contributed by atoms with E-state index < -0.39 is 0 Å². The van der Waals surface area contributed by atoms with Crippen LogP contribution in [0.25, 0.3) is 88.3 Å². The Labute approximate surface area is 292 Å². The lowest BCUT2D eigenvalue weighted by Crippen LogP contribution is -2.14. The van der Waals surface area contributed by atoms with Crippen molar-refractivity contribution >= 4 is 32.7 Å². The maximum absolute atomic E-state index is 6.98. The monoisotopic (exact) mass is 638 g/mol. The second-order valence-electron chi connectivity index (χ2n) is 14.1. The van der Waals surface area contributed by atoms with E-state index in [9.17, 15) is 0 Å². The van der Waals surface area contributed by atoms with Crippen LogP contribution >= 0.6 is 0 Å². The maximum atomic E-state index is 6.98. The number of benzene rings is 8. The van der Waals surface area contributed by atoms with Crippen LogP contribution in [0.15, 0.2) is 174 Å². The van der Waals surface area contributed by atoms with Gasteiger partial charge in [0, 0.05) is 27.3 Å². The van der Waals surface area contributed by atoms with Crippen molar-refractivity contribution in [2.45, 2.75) is 19.3 Å². The van der Waals surface area contributed by atoms with Crippen molar-refractivity contribution in [1.29, 1.82) is 0 Å². The molecule has 0 atom stereocenters. The first-order chi connectivity index (χ1) is 24.6. The molecule has 0 N–H and O–H groups in total. The molecule has 0 aliphatic heterocycles. The molecule has 1 heteroatoms. The summed E-state index contributed by atoms with van der Waals surface area (Å²) >= 11 is 0. The summed E-state index contributed by atoms with van der Waals surface area (Å²) in [5.41, 5.74) is 16.6. The number of hydrogen-bond acceptors (Lipinski definition) is 1. The zero-order valence-corrected chi connectivity index (χ0v) is 28.1. The normalized spacial score (nSPS) is 13.2. The van der Waals surface area contributed by atoms with Crippen molar-refractivity contribution in [2.75, 3.05) is 0 Å². The van der Waals surface area contributed by atoms with Crippen molar-refractivity contribution in [1.82, 2.24) is 0 Å². The molecule has 0 bridgehead atoms. The van der Waals surface area contributed by atoms with Crippen LogP contribution in [0.3, 0.4) is 0 Å². The van der Waals surface area contributed by atoms with Crippen LogP contribution in [0.2, 0.25) is 0 Å². The third-order valence-corrected chi connectivity index (χ3v) is 10.8. The molecule has 0 radical (unpaired) electrons. The fourth-order valence-electron chi connectivity index (χ4n) is 8.46. The van der Waals surface area contributed by atoms with Gasteiger partial charge in [0.2, 0.25) is 0 Å². The predicted octanol–water partition coefficient (Wildman–Crippen LogP) is 13.7. The lowest BCUT2D eigenvalue weighted by Gasteiger charge is -2.22. The lowest BCUT2D eigenvalue weighted by molar-refractivity contribution is 0.660. The second kappa shape index (κ2) is 10.9. The van der Waals surface area contributed by atoms with Gasteiger partial charge in [0.15, 0.2) is 0 Å². The Morgan fingerprint density at radius 1 is 0.380 bits per heavy atom. The molecule has 236 valence electrons. The number of fused-ring (bicyclic) bond motifs is 7. The highest BCUT2D eigenvalue weighted by Gasteiger charge is 2.35. The Kier molecular flexibility index (Phi) is 6.29. The highest BCUT2D eigenvalue weighted by molar-refractivity contribution is 6.26. The van der Waals surface area contributed by atoms with Crippen LogP contribution in [0.1, 0.15) is 25.0 Å². The zero-order valence-electron chi connectivity index (χ0n) is 28.1. The first-order valence-electron chi connectivity index (χ1n) is 17.4. The summed E-state index contributed by atoms with van der Waals surface area (Å²) in [6.45, 7) is 4.71. The molecule has 10 rings (SSSR count). The summed E-state index contributed by atoms with van der Waals surface area (Å²) in [4.78, 5) is 0. The van der Waals surface area contributed by atoms with E-state index in [2.05, 4.69) is 184 Å². The molecule has 0 amide bonds. The zero-order chi connectivity index (χ0) is 33.4. The molecule has 1 aliphatic rings. The van der Waals surface area contributed by atoms with E-state index in [1.54, 1.807) is 0 Å². The predicted molar refractivity (Wildman–Crippen MR) is 211 cm³/mol. The van der Waals surface area contributed by atoms with E-state index in [0.717, 1.165) is 33.1 Å². The molecule has 0 spiro atoms. The highest BCUT2D eigenvalue weighted by atomic mass is 16.3. The van der Waals surface area contributed by atoms with Gasteiger partial charge in [-0.3, -0.25) is 0 Å². The number of furan rings is 1. The van der Waals surface area contributed by atoms with Crippen LogP contribution in [-0.2, 0) is 5.41 Å². The Morgan fingerprint density at radius 3 is 1.62 bits per heavy atom. The van der Waals surface area contributed by atoms with Gasteiger partial charge >= 0.3 is 0 Å². The van der Waals surface area contributed by atoms with Gasteiger partial charge in [0.25, 0.3) is 0 Å². The summed E-state index contributed by atoms with van der Waals surface area (Å²) in [6, 6.07) is 61.8. The van der Waals surface area contributed by atoms with E-state index in [4.69, 9.17) is 4.42 Å². The first kappa shape index (κ1) is 28.8. The molecule has 0 fully saturated rings. The van der Waals surface area contributed by atoms with Crippen molar-refractivity contribution in [3.05, 3.63) is 181 Å². The van der Waals surface area contributed by atoms with E-state index in [0.29, 0.717) is 0 Å². The van der Waals surface area contributed by atoms with Crippen LogP contribution in [0.4, 0.5) is 0 Å². The van der Waals surface area contributed by atoms with Gasteiger partial charge in [-0.05, 0) is 96.7 Å². The molecular formula is C49H34O. The molecule has 0 saturated carbocycles. The average molecular weight is 639 g/mol. The Bertz CT molecular complexity index is 2710. The summed E-state index contributed by atoms with van der Waals surface area (Å²) in [6.07, 6.45) is 0. The van der Waals surface area contributed by atoms with Crippen molar-refractivity contribution in [3.8, 4) is 55.6 Å². The minimum atomic E-state index is -0.0963. The third kappa shape index (κ3) is 4.27. The van der Waals surface area contributed by atoms with E-state index in [-0.39, 0.29) is 5.41 Å². The first-order valence-corrected chi connectivity index (χ1v) is 17.4. The molecular weight excluding hydrogens is 605 g/mol. The second-order valence-corrected chi connectivity index (χ2v) is 14.1. The van der Waals surface area contributed by atoms with Crippen molar-refractivity contribution < 1.29 is 4.42 Å². The largest absolute Gasteiger partial charge is 0.455 e. The lowest BCUT2D eigenvalue weighted by atomic mass is 9.80. The SMILES string of the molecule is CC1(C)c2ccccc2-c2ccc(-c3c4ccccc4c(-c4cc(-c5ccccc5)cc(-c5ccccc5)c4)c4oc5ccccc5c34)cc21. The average Bonchev–Trinajstić information content (AvgIpc) is 3.66. The Balaban J connectivity index is 1.31. The van der Waals surface area contributed by atoms with Gasteiger partial charge in [-0.2, -0.15) is 0 Å². The molecule has 0 unspecified atom stereocenters. The van der Waals surface area contributed by atoms with Gasteiger partial charge in [-0.1, -0.05) is 153 Å². The van der Waals surface area contributed by atoms with E-state index in [1.807, 2.05) is 0 Å². The smallest absolute Gasteiger partial charge is 0.144 e. The molecule has 8 aromatic carbocycles. The van der Waals surface area contributed by atoms with Crippen LogP contribution in [0, 0.1) is 0 Å². The Morgan fingerprint density at radius 2 is 0.920 bits per heavy atom. The minimum absolute atomic E-state index is 0.0963. The van der Waals surface area contributed by atoms with Gasteiger partial charge < -0.3 is 4.42 Å². The van der Waals surface area contributed by atoms with Crippen LogP contribution in [-0.4, -0.2) is 0 Å². The molecule has 0 saturated heterocycles. The molecule has 50 heavy (non-hydrogen) atoms. The van der Waals surface area contributed by atoms with Crippen LogP contribution < -0.4 is 0 Å². The fourth-order valence-corrected chi connectivity index (χ4v) is 8.46. The van der Waals surface area contributed by atoms with Crippen LogP contribution in [0.5, 0.6) is 0 Å². The third-order valence-electron chi connectivity index (χ3n) is 10.8. The maximum Gasteiger partial charge on any atom is 0.144 e. The number of para-hydroxylation sites is 1. The van der Waals surface area contributed by atoms with Crippen molar-refractivity contribution in [3.63, 3.8) is 0 Å². The molecule has 9 aromatic rings. The summed E-state index contributed by atoms with van der Waals surface area (Å²) in [7, 11) is 0. The molecule has 1 heterocycles. The summed E-state index contributed by atoms with van der Waals surface area (Å²) in [5.74, 6) is 0. The highest BCUT2D eigenvalue weighted by Crippen LogP contribution is 2.52. The summed E-state index contributed by atoms with van der Waals surface area (Å²) < 4.78 is 6.98. The van der Waals surface area contributed by atoms with Gasteiger partial charge in [-0.25, -0.2) is 0 Å². The molecule has 1 aliphatic carbocycles. The quantitative estimate of drug-likeness (QED) is 0.187. The summed E-state index contributed by atoms with van der Waals surface area (Å²) in [5, 5.41) is 4.70. The molecule has 1 aromatic heterocycles. The Hall–Kier alpha value is -6.18. The number of hydrogen-bond donors (Lipinski definition) is 0. The van der Waals surface area contributed by atoms with E-state index in [1.165, 1.54) is 66.4 Å². The minimum Gasteiger partial charge on any atom is -0.455 e.